The molecule has 1 aliphatic rings. The van der Waals surface area contributed by atoms with Crippen molar-refractivity contribution in [1.29, 1.82) is 0 Å². The van der Waals surface area contributed by atoms with Gasteiger partial charge in [0.15, 0.2) is 0 Å². The van der Waals surface area contributed by atoms with Crippen molar-refractivity contribution >= 4 is 27.0 Å². The molecule has 1 aliphatic heterocycles. The molecule has 29 heavy (non-hydrogen) atoms. The summed E-state index contributed by atoms with van der Waals surface area (Å²) in [6, 6.07) is 22.9. The highest BCUT2D eigenvalue weighted by molar-refractivity contribution is 7.96. The molecule has 146 valence electrons. The van der Waals surface area contributed by atoms with Crippen LogP contribution in [0, 0.1) is 0 Å². The van der Waals surface area contributed by atoms with Crippen molar-refractivity contribution in [1.82, 2.24) is 0 Å². The molecule has 0 fully saturated rings. The number of nitrogens with one attached hydrogen (secondary N) is 1. The number of allylic oxidation sites excluding steroid dienone is 1. The lowest BCUT2D eigenvalue weighted by molar-refractivity contribution is 0.104. The van der Waals surface area contributed by atoms with Gasteiger partial charge < -0.3 is 5.32 Å². The van der Waals surface area contributed by atoms with E-state index in [-0.39, 0.29) is 15.7 Å². The lowest BCUT2D eigenvalue weighted by atomic mass is 10.0. The fourth-order valence-electron chi connectivity index (χ4n) is 3.42. The van der Waals surface area contributed by atoms with Gasteiger partial charge in [-0.1, -0.05) is 80.6 Å². The van der Waals surface area contributed by atoms with Gasteiger partial charge in [0.25, 0.3) is 0 Å². The smallest absolute Gasteiger partial charge is 0.214 e. The predicted molar refractivity (Wildman–Crippen MR) is 115 cm³/mol. The minimum Gasteiger partial charge on any atom is -0.353 e. The van der Waals surface area contributed by atoms with Crippen LogP contribution >= 0.6 is 0 Å². The molecular weight excluding hydrogens is 382 g/mol. The number of hydrogen-bond acceptors (Lipinski definition) is 4. The van der Waals surface area contributed by atoms with E-state index in [0.717, 1.165) is 5.56 Å². The molecule has 1 heterocycles. The Balaban J connectivity index is 1.99. The summed E-state index contributed by atoms with van der Waals surface area (Å²) in [6.45, 7) is 4.01. The molecule has 4 rings (SSSR count). The SMILES string of the molecule is CC(C)c1ccc2c(c1)S(=O)(=O)C(C(=O)c1ccccc1)=C(c1ccccc1)N2. The van der Waals surface area contributed by atoms with Crippen LogP contribution in [0.25, 0.3) is 5.70 Å². The van der Waals surface area contributed by atoms with E-state index in [1.165, 1.54) is 0 Å². The minimum atomic E-state index is -4.02. The van der Waals surface area contributed by atoms with E-state index in [1.807, 2.05) is 38.1 Å². The zero-order valence-corrected chi connectivity index (χ0v) is 17.0. The second kappa shape index (κ2) is 7.33. The first-order valence-electron chi connectivity index (χ1n) is 9.45. The lowest BCUT2D eigenvalue weighted by Gasteiger charge is -2.25. The summed E-state index contributed by atoms with van der Waals surface area (Å²) >= 11 is 0. The summed E-state index contributed by atoms with van der Waals surface area (Å²) in [5, 5.41) is 3.22. The molecule has 0 aromatic heterocycles. The molecule has 5 heteroatoms. The van der Waals surface area contributed by atoms with Crippen LogP contribution in [0.4, 0.5) is 5.69 Å². The van der Waals surface area contributed by atoms with Gasteiger partial charge >= 0.3 is 0 Å². The zero-order valence-electron chi connectivity index (χ0n) is 16.2. The molecular formula is C24H21NO3S. The maximum atomic E-state index is 13.7. The maximum Gasteiger partial charge on any atom is 0.214 e. The van der Waals surface area contributed by atoms with Crippen molar-refractivity contribution in [2.24, 2.45) is 0 Å². The largest absolute Gasteiger partial charge is 0.353 e. The summed E-state index contributed by atoms with van der Waals surface area (Å²) in [5.74, 6) is -0.346. The minimum absolute atomic E-state index is 0.141. The first-order valence-corrected chi connectivity index (χ1v) is 10.9. The normalized spacial score (nSPS) is 15.0. The monoisotopic (exact) mass is 403 g/mol. The van der Waals surface area contributed by atoms with E-state index in [9.17, 15) is 13.2 Å². The van der Waals surface area contributed by atoms with E-state index < -0.39 is 15.6 Å². The van der Waals surface area contributed by atoms with E-state index in [1.54, 1.807) is 54.6 Å². The van der Waals surface area contributed by atoms with Gasteiger partial charge in [0.1, 0.15) is 4.91 Å². The number of fused-ring (bicyclic) bond motifs is 1. The Bertz CT molecular complexity index is 1210. The molecule has 1 N–H and O–H groups in total. The van der Waals surface area contributed by atoms with Crippen molar-refractivity contribution in [2.75, 3.05) is 5.32 Å². The third-order valence-corrected chi connectivity index (χ3v) is 6.87. The number of Topliss-reactive ketones (excluding diaryl/α,β-unsaturated/α-hetero) is 1. The molecule has 0 bridgehead atoms. The van der Waals surface area contributed by atoms with Gasteiger partial charge in [0.2, 0.25) is 15.6 Å². The van der Waals surface area contributed by atoms with Crippen LogP contribution in [0.2, 0.25) is 0 Å². The lowest BCUT2D eigenvalue weighted by Crippen LogP contribution is -2.24. The number of sulfone groups is 1. The molecule has 0 unspecified atom stereocenters. The first kappa shape index (κ1) is 19.2. The Morgan fingerprint density at radius 3 is 2.10 bits per heavy atom. The standard InChI is InChI=1S/C24H21NO3S/c1-16(2)19-13-14-20-21(15-19)29(27,28)24(23(26)18-11-7-4-8-12-18)22(25-20)17-9-5-3-6-10-17/h3-16,25H,1-2H3. The summed E-state index contributed by atoms with van der Waals surface area (Å²) in [5.41, 5.74) is 2.68. The van der Waals surface area contributed by atoms with Crippen LogP contribution in [0.15, 0.2) is 88.7 Å². The number of ketones is 1. The van der Waals surface area contributed by atoms with Gasteiger partial charge in [-0.2, -0.15) is 0 Å². The Labute approximate surface area is 170 Å². The Morgan fingerprint density at radius 2 is 1.48 bits per heavy atom. The van der Waals surface area contributed by atoms with Crippen molar-refractivity contribution < 1.29 is 13.2 Å². The quantitative estimate of drug-likeness (QED) is 0.604. The van der Waals surface area contributed by atoms with Crippen molar-refractivity contribution in [2.45, 2.75) is 24.7 Å². The first-order chi connectivity index (χ1) is 13.9. The molecule has 0 amide bonds. The van der Waals surface area contributed by atoms with Gasteiger partial charge in [0.05, 0.1) is 16.3 Å². The predicted octanol–water partition coefficient (Wildman–Crippen LogP) is 5.26. The van der Waals surface area contributed by atoms with E-state index in [2.05, 4.69) is 5.32 Å². The molecule has 4 nitrogen and oxygen atoms in total. The van der Waals surface area contributed by atoms with Gasteiger partial charge in [-0.25, -0.2) is 8.42 Å². The molecule has 0 saturated carbocycles. The van der Waals surface area contributed by atoms with Gasteiger partial charge in [0, 0.05) is 5.56 Å². The Kier molecular flexibility index (Phi) is 4.84. The number of carbonyl (C=O) groups is 1. The summed E-state index contributed by atoms with van der Waals surface area (Å²) in [6.07, 6.45) is 0. The molecule has 0 saturated heterocycles. The third-order valence-electron chi connectivity index (χ3n) is 5.02. The van der Waals surface area contributed by atoms with E-state index in [4.69, 9.17) is 0 Å². The fourth-order valence-corrected chi connectivity index (χ4v) is 5.14. The van der Waals surface area contributed by atoms with Crippen LogP contribution in [-0.2, 0) is 9.84 Å². The van der Waals surface area contributed by atoms with Gasteiger partial charge in [-0.3, -0.25) is 4.79 Å². The molecule has 0 radical (unpaired) electrons. The molecule has 0 atom stereocenters. The van der Waals surface area contributed by atoms with Crippen molar-refractivity contribution in [3.8, 4) is 0 Å². The second-order valence-corrected chi connectivity index (χ2v) is 9.16. The second-order valence-electron chi connectivity index (χ2n) is 7.30. The van der Waals surface area contributed by atoms with Gasteiger partial charge in [-0.15, -0.1) is 0 Å². The molecule has 0 spiro atoms. The van der Waals surface area contributed by atoms with Crippen molar-refractivity contribution in [3.63, 3.8) is 0 Å². The highest BCUT2D eigenvalue weighted by Crippen LogP contribution is 2.40. The highest BCUT2D eigenvalue weighted by Gasteiger charge is 2.37. The van der Waals surface area contributed by atoms with Crippen LogP contribution in [0.1, 0.15) is 41.3 Å². The Morgan fingerprint density at radius 1 is 0.862 bits per heavy atom. The molecule has 3 aromatic carbocycles. The topological polar surface area (TPSA) is 63.2 Å². The maximum absolute atomic E-state index is 13.7. The summed E-state index contributed by atoms with van der Waals surface area (Å²) in [7, 11) is -4.02. The number of anilines is 1. The van der Waals surface area contributed by atoms with Crippen LogP contribution in [0.5, 0.6) is 0 Å². The highest BCUT2D eigenvalue weighted by atomic mass is 32.2. The number of hydrogen-bond donors (Lipinski definition) is 1. The van der Waals surface area contributed by atoms with Crippen LogP contribution < -0.4 is 5.32 Å². The fraction of sp³-hybridized carbons (Fsp3) is 0.125. The van der Waals surface area contributed by atoms with Gasteiger partial charge in [-0.05, 0) is 29.2 Å². The van der Waals surface area contributed by atoms with E-state index in [0.29, 0.717) is 22.5 Å². The average Bonchev–Trinajstić information content (AvgIpc) is 2.74. The number of carbonyl (C=O) groups excluding carboxylic acids is 1. The van der Waals surface area contributed by atoms with Crippen molar-refractivity contribution in [3.05, 3.63) is 100 Å². The number of benzene rings is 3. The molecule has 0 aliphatic carbocycles. The van der Waals surface area contributed by atoms with Crippen LogP contribution in [0.3, 0.4) is 0 Å². The molecule has 3 aromatic rings. The van der Waals surface area contributed by atoms with Crippen LogP contribution in [-0.4, -0.2) is 14.2 Å². The van der Waals surface area contributed by atoms with E-state index >= 15 is 0 Å². The number of rotatable bonds is 4. The summed E-state index contributed by atoms with van der Waals surface area (Å²) in [4.78, 5) is 13.3. The average molecular weight is 404 g/mol. The summed E-state index contributed by atoms with van der Waals surface area (Å²) < 4.78 is 27.3. The third kappa shape index (κ3) is 3.38. The zero-order chi connectivity index (χ0) is 20.6. The Hall–Kier alpha value is -3.18.